The van der Waals surface area contributed by atoms with Crippen molar-refractivity contribution in [2.24, 2.45) is 0 Å². The molecule has 2 aromatic heterocycles. The fourth-order valence-electron chi connectivity index (χ4n) is 4.49. The van der Waals surface area contributed by atoms with Gasteiger partial charge in [0.05, 0.1) is 18.6 Å². The van der Waals surface area contributed by atoms with Gasteiger partial charge < -0.3 is 9.32 Å². The largest absolute Gasteiger partial charge is 0.467 e. The molecule has 172 valence electrons. The Morgan fingerprint density at radius 2 is 1.79 bits per heavy atom. The van der Waals surface area contributed by atoms with Crippen LogP contribution in [0, 0.1) is 0 Å². The summed E-state index contributed by atoms with van der Waals surface area (Å²) in [5, 5.41) is 9.51. The van der Waals surface area contributed by atoms with Gasteiger partial charge in [0.1, 0.15) is 5.76 Å². The molecule has 0 saturated carbocycles. The van der Waals surface area contributed by atoms with Crippen LogP contribution >= 0.6 is 11.8 Å². The van der Waals surface area contributed by atoms with Crippen molar-refractivity contribution in [2.75, 3.05) is 17.7 Å². The Labute approximate surface area is 203 Å². The number of aromatic nitrogens is 3. The number of carbonyl (C=O) groups excluding carboxylic acids is 1. The monoisotopic (exact) mass is 470 g/mol. The zero-order valence-corrected chi connectivity index (χ0v) is 20.2. The standard InChI is InChI=1S/C27H26N4O2S/c1-27(2)22-13-7-8-14-23(22)30(3)24(27)16-20(32)18-34-26-29-28-25(19-10-5-4-6-11-19)31(26)17-21-12-9-15-33-21/h4-16H,17-18H2,1-3H3. The topological polar surface area (TPSA) is 64.2 Å². The highest BCUT2D eigenvalue weighted by Crippen LogP contribution is 2.46. The minimum atomic E-state index is -0.231. The van der Waals surface area contributed by atoms with E-state index in [2.05, 4.69) is 41.1 Å². The van der Waals surface area contributed by atoms with E-state index >= 15 is 0 Å². The summed E-state index contributed by atoms with van der Waals surface area (Å²) in [6.45, 7) is 4.81. The number of para-hydroxylation sites is 1. The molecule has 0 unspecified atom stereocenters. The lowest BCUT2D eigenvalue weighted by atomic mass is 9.83. The number of hydrogen-bond donors (Lipinski definition) is 0. The third-order valence-corrected chi connectivity index (χ3v) is 7.21. The molecular formula is C27H26N4O2S. The summed E-state index contributed by atoms with van der Waals surface area (Å²) < 4.78 is 7.57. The smallest absolute Gasteiger partial charge is 0.192 e. The Hall–Kier alpha value is -3.58. The Bertz CT molecular complexity index is 1340. The number of nitrogens with zero attached hydrogens (tertiary/aromatic N) is 4. The lowest BCUT2D eigenvalue weighted by Crippen LogP contribution is -2.24. The predicted octanol–water partition coefficient (Wildman–Crippen LogP) is 5.56. The summed E-state index contributed by atoms with van der Waals surface area (Å²) in [7, 11) is 2.02. The Kier molecular flexibility index (Phi) is 5.87. The molecule has 0 bridgehead atoms. The molecule has 0 spiro atoms. The van der Waals surface area contributed by atoms with Gasteiger partial charge in [-0.05, 0) is 23.8 Å². The number of furan rings is 1. The van der Waals surface area contributed by atoms with Crippen molar-refractivity contribution in [2.45, 2.75) is 31.0 Å². The lowest BCUT2D eigenvalue weighted by molar-refractivity contribution is -0.112. The van der Waals surface area contributed by atoms with Crippen LogP contribution in [0.3, 0.4) is 0 Å². The van der Waals surface area contributed by atoms with Crippen LogP contribution < -0.4 is 4.90 Å². The van der Waals surface area contributed by atoms with Crippen LogP contribution in [0.4, 0.5) is 5.69 Å². The Balaban J connectivity index is 1.38. The van der Waals surface area contributed by atoms with Crippen molar-refractivity contribution in [1.82, 2.24) is 14.8 Å². The molecule has 3 heterocycles. The second-order valence-electron chi connectivity index (χ2n) is 8.82. The molecule has 5 rings (SSSR count). The van der Waals surface area contributed by atoms with Crippen LogP contribution in [0.2, 0.25) is 0 Å². The molecule has 0 radical (unpaired) electrons. The fraction of sp³-hybridized carbons (Fsp3) is 0.222. The Morgan fingerprint density at radius 3 is 2.53 bits per heavy atom. The summed E-state index contributed by atoms with van der Waals surface area (Å²) in [6, 6.07) is 22.0. The van der Waals surface area contributed by atoms with Crippen molar-refractivity contribution < 1.29 is 9.21 Å². The third kappa shape index (κ3) is 4.07. The summed E-state index contributed by atoms with van der Waals surface area (Å²) >= 11 is 1.40. The van der Waals surface area contributed by atoms with Crippen LogP contribution in [-0.2, 0) is 16.8 Å². The van der Waals surface area contributed by atoms with E-state index in [-0.39, 0.29) is 17.0 Å². The number of rotatable bonds is 7. The maximum absolute atomic E-state index is 13.1. The van der Waals surface area contributed by atoms with Gasteiger partial charge in [-0.1, -0.05) is 74.1 Å². The van der Waals surface area contributed by atoms with E-state index in [9.17, 15) is 4.79 Å². The predicted molar refractivity (Wildman–Crippen MR) is 135 cm³/mol. The molecule has 0 N–H and O–H groups in total. The first-order valence-electron chi connectivity index (χ1n) is 11.2. The quantitative estimate of drug-likeness (QED) is 0.260. The fourth-order valence-corrected chi connectivity index (χ4v) is 5.25. The van der Waals surface area contributed by atoms with Crippen molar-refractivity contribution in [3.05, 3.63) is 96.1 Å². The average Bonchev–Trinajstić information content (AvgIpc) is 3.55. The molecule has 2 aromatic carbocycles. The van der Waals surface area contributed by atoms with Crippen LogP contribution in [0.25, 0.3) is 11.4 Å². The number of likely N-dealkylation sites (N-methyl/N-ethyl adjacent to an activating group) is 1. The van der Waals surface area contributed by atoms with E-state index in [1.807, 2.05) is 66.2 Å². The number of anilines is 1. The molecule has 0 aliphatic carbocycles. The number of benzene rings is 2. The van der Waals surface area contributed by atoms with E-state index in [0.29, 0.717) is 11.7 Å². The summed E-state index contributed by atoms with van der Waals surface area (Å²) in [5.41, 5.74) is 4.11. The van der Waals surface area contributed by atoms with Gasteiger partial charge in [0.15, 0.2) is 16.8 Å². The van der Waals surface area contributed by atoms with Crippen molar-refractivity contribution in [3.63, 3.8) is 0 Å². The van der Waals surface area contributed by atoms with Gasteiger partial charge in [-0.2, -0.15) is 0 Å². The summed E-state index contributed by atoms with van der Waals surface area (Å²) in [5.74, 6) is 1.87. The first kappa shape index (κ1) is 22.2. The number of ketones is 1. The van der Waals surface area contributed by atoms with E-state index in [1.165, 1.54) is 17.3 Å². The minimum absolute atomic E-state index is 0.0431. The molecule has 1 aliphatic rings. The molecule has 7 heteroatoms. The second-order valence-corrected chi connectivity index (χ2v) is 9.77. The highest BCUT2D eigenvalue weighted by molar-refractivity contribution is 7.99. The van der Waals surface area contributed by atoms with E-state index in [4.69, 9.17) is 4.42 Å². The van der Waals surface area contributed by atoms with Gasteiger partial charge in [0, 0.05) is 35.5 Å². The minimum Gasteiger partial charge on any atom is -0.467 e. The molecular weight excluding hydrogens is 444 g/mol. The average molecular weight is 471 g/mol. The summed E-state index contributed by atoms with van der Waals surface area (Å²) in [4.78, 5) is 15.2. The van der Waals surface area contributed by atoms with Crippen LogP contribution in [-0.4, -0.2) is 33.3 Å². The molecule has 1 aliphatic heterocycles. The first-order valence-corrected chi connectivity index (χ1v) is 12.2. The number of allylic oxidation sites excluding steroid dienone is 2. The Morgan fingerprint density at radius 1 is 1.03 bits per heavy atom. The van der Waals surface area contributed by atoms with Crippen LogP contribution in [0.15, 0.2) is 94.3 Å². The first-order chi connectivity index (χ1) is 16.4. The van der Waals surface area contributed by atoms with Gasteiger partial charge in [-0.25, -0.2) is 0 Å². The van der Waals surface area contributed by atoms with Crippen molar-refractivity contribution in [1.29, 1.82) is 0 Å². The van der Waals surface area contributed by atoms with Gasteiger partial charge in [0.25, 0.3) is 0 Å². The van der Waals surface area contributed by atoms with Gasteiger partial charge in [0.2, 0.25) is 0 Å². The highest BCUT2D eigenvalue weighted by Gasteiger charge is 2.38. The summed E-state index contributed by atoms with van der Waals surface area (Å²) in [6.07, 6.45) is 3.43. The number of hydrogen-bond acceptors (Lipinski definition) is 6. The van der Waals surface area contributed by atoms with Gasteiger partial charge in [-0.3, -0.25) is 9.36 Å². The van der Waals surface area contributed by atoms with E-state index in [1.54, 1.807) is 12.3 Å². The molecule has 34 heavy (non-hydrogen) atoms. The maximum atomic E-state index is 13.1. The second kappa shape index (κ2) is 8.99. The van der Waals surface area contributed by atoms with Crippen molar-refractivity contribution >= 4 is 23.2 Å². The SMILES string of the molecule is CN1C(=CC(=O)CSc2nnc(-c3ccccc3)n2Cc2ccco2)C(C)(C)c2ccccc21. The molecule has 0 amide bonds. The number of thioether (sulfide) groups is 1. The van der Waals surface area contributed by atoms with Crippen LogP contribution in [0.5, 0.6) is 0 Å². The molecule has 0 saturated heterocycles. The third-order valence-electron chi connectivity index (χ3n) is 6.22. The molecule has 6 nitrogen and oxygen atoms in total. The zero-order chi connectivity index (χ0) is 23.7. The number of fused-ring (bicyclic) bond motifs is 1. The lowest BCUT2D eigenvalue weighted by Gasteiger charge is -2.23. The van der Waals surface area contributed by atoms with E-state index < -0.39 is 0 Å². The highest BCUT2D eigenvalue weighted by atomic mass is 32.2. The number of carbonyl (C=O) groups is 1. The molecule has 0 atom stereocenters. The van der Waals surface area contributed by atoms with E-state index in [0.717, 1.165) is 28.5 Å². The van der Waals surface area contributed by atoms with Crippen LogP contribution in [0.1, 0.15) is 25.2 Å². The van der Waals surface area contributed by atoms with Crippen molar-refractivity contribution in [3.8, 4) is 11.4 Å². The van der Waals surface area contributed by atoms with Gasteiger partial charge >= 0.3 is 0 Å². The molecule has 0 fully saturated rings. The maximum Gasteiger partial charge on any atom is 0.192 e. The molecule has 4 aromatic rings. The zero-order valence-electron chi connectivity index (χ0n) is 19.4. The normalized spacial score (nSPS) is 15.6. The van der Waals surface area contributed by atoms with Gasteiger partial charge in [-0.15, -0.1) is 10.2 Å².